The van der Waals surface area contributed by atoms with Gasteiger partial charge in [0.1, 0.15) is 0 Å². The first-order valence-corrected chi connectivity index (χ1v) is 7.92. The van der Waals surface area contributed by atoms with E-state index in [-0.39, 0.29) is 6.42 Å². The van der Waals surface area contributed by atoms with Crippen LogP contribution in [0.3, 0.4) is 0 Å². The third kappa shape index (κ3) is 16.7. The molecule has 114 valence electrons. The van der Waals surface area contributed by atoms with Crippen molar-refractivity contribution in [3.05, 3.63) is 36.5 Å². The fraction of sp³-hybridized carbons (Fsp3) is 0.611. The van der Waals surface area contributed by atoms with Crippen molar-refractivity contribution in [2.24, 2.45) is 0 Å². The van der Waals surface area contributed by atoms with Crippen LogP contribution in [0.25, 0.3) is 0 Å². The number of hydrogen-bond acceptors (Lipinski definition) is 2. The molecule has 0 spiro atoms. The second-order valence-corrected chi connectivity index (χ2v) is 4.97. The van der Waals surface area contributed by atoms with E-state index < -0.39 is 5.97 Å². The third-order valence-electron chi connectivity index (χ3n) is 3.03. The van der Waals surface area contributed by atoms with Crippen molar-refractivity contribution in [1.82, 2.24) is 0 Å². The minimum absolute atomic E-state index is 0.208. The maximum absolute atomic E-state index is 10.2. The fourth-order valence-electron chi connectivity index (χ4n) is 1.89. The Kier molecular flexibility index (Phi) is 14.7. The van der Waals surface area contributed by atoms with Crippen LogP contribution in [0.5, 0.6) is 0 Å². The summed E-state index contributed by atoms with van der Waals surface area (Å²) in [4.78, 5) is 10.2. The van der Waals surface area contributed by atoms with Crippen LogP contribution in [-0.4, -0.2) is 5.97 Å². The summed E-state index contributed by atoms with van der Waals surface area (Å²) in [6.45, 7) is 2.15. The Hall–Kier alpha value is -1.31. The highest BCUT2D eigenvalue weighted by Crippen LogP contribution is 2.07. The van der Waals surface area contributed by atoms with Gasteiger partial charge in [-0.2, -0.15) is 0 Å². The van der Waals surface area contributed by atoms with Crippen LogP contribution in [0.2, 0.25) is 0 Å². The number of aliphatic carboxylic acids is 1. The van der Waals surface area contributed by atoms with Gasteiger partial charge in [-0.15, -0.1) is 0 Å². The molecule has 0 unspecified atom stereocenters. The highest BCUT2D eigenvalue weighted by molar-refractivity contribution is 5.63. The van der Waals surface area contributed by atoms with Crippen molar-refractivity contribution < 1.29 is 9.90 Å². The predicted molar refractivity (Wildman–Crippen MR) is 84.3 cm³/mol. The molecule has 0 N–H and O–H groups in total. The Labute approximate surface area is 124 Å². The Balaban J connectivity index is 3.23. The van der Waals surface area contributed by atoms with Gasteiger partial charge in [0.25, 0.3) is 0 Å². The van der Waals surface area contributed by atoms with Gasteiger partial charge in [-0.3, -0.25) is 0 Å². The molecule has 0 rings (SSSR count). The molecule has 0 heterocycles. The quantitative estimate of drug-likeness (QED) is 0.371. The van der Waals surface area contributed by atoms with Gasteiger partial charge in [0.2, 0.25) is 0 Å². The van der Waals surface area contributed by atoms with Gasteiger partial charge < -0.3 is 9.90 Å². The molecule has 0 aromatic heterocycles. The number of carboxylic acid groups (broad SMARTS) is 1. The zero-order valence-electron chi connectivity index (χ0n) is 12.9. The van der Waals surface area contributed by atoms with Crippen LogP contribution in [0.15, 0.2) is 36.5 Å². The smallest absolute Gasteiger partial charge is 0.0414 e. The van der Waals surface area contributed by atoms with Gasteiger partial charge in [0.05, 0.1) is 0 Å². The number of unbranched alkanes of at least 4 members (excludes halogenated alkanes) is 5. The van der Waals surface area contributed by atoms with Gasteiger partial charge in [0, 0.05) is 5.97 Å². The van der Waals surface area contributed by atoms with E-state index in [1.165, 1.54) is 12.8 Å². The molecule has 0 amide bonds. The number of rotatable bonds is 13. The summed E-state index contributed by atoms with van der Waals surface area (Å²) in [5.74, 6) is -0.925. The van der Waals surface area contributed by atoms with Crippen LogP contribution < -0.4 is 5.11 Å². The predicted octanol–water partition coefficient (Wildman–Crippen LogP) is 4.33. The first-order valence-electron chi connectivity index (χ1n) is 7.92. The van der Waals surface area contributed by atoms with E-state index >= 15 is 0 Å². The minimum atomic E-state index is -0.925. The van der Waals surface area contributed by atoms with Crippen molar-refractivity contribution in [1.29, 1.82) is 0 Å². The van der Waals surface area contributed by atoms with E-state index in [4.69, 9.17) is 0 Å². The molecule has 0 bridgehead atoms. The molecule has 0 atom stereocenters. The van der Waals surface area contributed by atoms with Crippen molar-refractivity contribution in [3.8, 4) is 0 Å². The van der Waals surface area contributed by atoms with E-state index in [1.807, 2.05) is 0 Å². The van der Waals surface area contributed by atoms with Crippen molar-refractivity contribution >= 4 is 5.97 Å². The number of carbonyl (C=O) groups is 1. The van der Waals surface area contributed by atoms with Gasteiger partial charge in [-0.05, 0) is 44.9 Å². The standard InChI is InChI=1S/C18H30O2/c1-2-3-4-5-6-7-8-9-10-11-12-13-14-15-16-17-18(19)20/h3-4,6-7,9-10H,2,5,8,11-17H2,1H3,(H,19,20)/p-1/b4-3-,7-6-,10-9-. The maximum Gasteiger partial charge on any atom is 0.0414 e. The van der Waals surface area contributed by atoms with E-state index in [0.717, 1.165) is 44.9 Å². The Bertz CT molecular complexity index is 301. The molecule has 20 heavy (non-hydrogen) atoms. The summed E-state index contributed by atoms with van der Waals surface area (Å²) in [6.07, 6.45) is 23.0. The van der Waals surface area contributed by atoms with E-state index in [9.17, 15) is 9.90 Å². The number of hydrogen-bond donors (Lipinski definition) is 0. The van der Waals surface area contributed by atoms with Gasteiger partial charge in [-0.25, -0.2) is 0 Å². The lowest BCUT2D eigenvalue weighted by Gasteiger charge is -2.01. The average Bonchev–Trinajstić information content (AvgIpc) is 2.43. The van der Waals surface area contributed by atoms with E-state index in [1.54, 1.807) is 0 Å². The Morgan fingerprint density at radius 2 is 1.35 bits per heavy atom. The second kappa shape index (κ2) is 15.7. The monoisotopic (exact) mass is 277 g/mol. The summed E-state index contributed by atoms with van der Waals surface area (Å²) in [5.41, 5.74) is 0. The first kappa shape index (κ1) is 18.7. The SMILES string of the molecule is CC/C=C\C/C=C\C/C=C\CCCCCCCC(=O)[O-]. The molecule has 0 aromatic rings. The van der Waals surface area contributed by atoms with Crippen LogP contribution in [0, 0.1) is 0 Å². The summed E-state index contributed by atoms with van der Waals surface area (Å²) < 4.78 is 0. The molecule has 0 saturated carbocycles. The minimum Gasteiger partial charge on any atom is -0.550 e. The molecule has 2 heteroatoms. The number of carbonyl (C=O) groups excluding carboxylic acids is 1. The van der Waals surface area contributed by atoms with Crippen LogP contribution >= 0.6 is 0 Å². The molecular formula is C18H29O2-. The maximum atomic E-state index is 10.2. The van der Waals surface area contributed by atoms with Crippen LogP contribution in [-0.2, 0) is 4.79 Å². The molecule has 0 aliphatic carbocycles. The zero-order chi connectivity index (χ0) is 14.9. The summed E-state index contributed by atoms with van der Waals surface area (Å²) in [7, 11) is 0. The number of carboxylic acids is 1. The highest BCUT2D eigenvalue weighted by atomic mass is 16.4. The Morgan fingerprint density at radius 3 is 2.00 bits per heavy atom. The third-order valence-corrected chi connectivity index (χ3v) is 3.03. The highest BCUT2D eigenvalue weighted by Gasteiger charge is 1.90. The summed E-state index contributed by atoms with van der Waals surface area (Å²) in [6, 6.07) is 0. The lowest BCUT2D eigenvalue weighted by atomic mass is 10.1. The van der Waals surface area contributed by atoms with Crippen LogP contribution in [0.1, 0.15) is 71.1 Å². The normalized spacial score (nSPS) is 12.1. The lowest BCUT2D eigenvalue weighted by Crippen LogP contribution is -2.21. The van der Waals surface area contributed by atoms with Crippen molar-refractivity contribution in [2.45, 2.75) is 71.1 Å². The van der Waals surface area contributed by atoms with E-state index in [2.05, 4.69) is 43.4 Å². The molecular weight excluding hydrogens is 248 g/mol. The average molecular weight is 277 g/mol. The van der Waals surface area contributed by atoms with Crippen molar-refractivity contribution in [2.75, 3.05) is 0 Å². The molecule has 0 fully saturated rings. The largest absolute Gasteiger partial charge is 0.550 e. The molecule has 0 aromatic carbocycles. The summed E-state index contributed by atoms with van der Waals surface area (Å²) in [5, 5.41) is 10.2. The topological polar surface area (TPSA) is 40.1 Å². The summed E-state index contributed by atoms with van der Waals surface area (Å²) >= 11 is 0. The molecule has 0 aliphatic rings. The molecule has 0 saturated heterocycles. The van der Waals surface area contributed by atoms with Gasteiger partial charge in [-0.1, -0.05) is 62.6 Å². The van der Waals surface area contributed by atoms with Crippen LogP contribution in [0.4, 0.5) is 0 Å². The van der Waals surface area contributed by atoms with Gasteiger partial charge >= 0.3 is 0 Å². The molecule has 2 nitrogen and oxygen atoms in total. The zero-order valence-corrected chi connectivity index (χ0v) is 12.9. The first-order chi connectivity index (χ1) is 9.77. The van der Waals surface area contributed by atoms with E-state index in [0.29, 0.717) is 0 Å². The lowest BCUT2D eigenvalue weighted by molar-refractivity contribution is -0.305. The van der Waals surface area contributed by atoms with Crippen molar-refractivity contribution in [3.63, 3.8) is 0 Å². The van der Waals surface area contributed by atoms with Gasteiger partial charge in [0.15, 0.2) is 0 Å². The molecule has 0 aliphatic heterocycles. The second-order valence-electron chi connectivity index (χ2n) is 4.97. The number of allylic oxidation sites excluding steroid dienone is 6. The Morgan fingerprint density at radius 1 is 0.800 bits per heavy atom. The molecule has 0 radical (unpaired) electrons. The fourth-order valence-corrected chi connectivity index (χ4v) is 1.89.